The summed E-state index contributed by atoms with van der Waals surface area (Å²) < 4.78 is 5.78. The van der Waals surface area contributed by atoms with Gasteiger partial charge in [0.05, 0.1) is 24.8 Å². The molecule has 2 amide bonds. The van der Waals surface area contributed by atoms with Crippen molar-refractivity contribution < 1.29 is 14.3 Å². The quantitative estimate of drug-likeness (QED) is 0.801. The van der Waals surface area contributed by atoms with Crippen LogP contribution in [0.15, 0.2) is 18.2 Å². The van der Waals surface area contributed by atoms with Gasteiger partial charge in [0.2, 0.25) is 11.8 Å². The number of aryl methyl sites for hydroxylation is 2. The number of para-hydroxylation sites is 1. The minimum absolute atomic E-state index is 0.0364. The number of ether oxygens (including phenoxy) is 1. The van der Waals surface area contributed by atoms with Gasteiger partial charge in [-0.2, -0.15) is 0 Å². The molecular weight excluding hydrogens is 342 g/mol. The summed E-state index contributed by atoms with van der Waals surface area (Å²) in [6.45, 7) is 13.4. The van der Waals surface area contributed by atoms with Crippen molar-refractivity contribution in [1.82, 2.24) is 10.2 Å². The van der Waals surface area contributed by atoms with Gasteiger partial charge in [-0.3, -0.25) is 14.5 Å². The van der Waals surface area contributed by atoms with Crippen LogP contribution in [0, 0.1) is 19.8 Å². The van der Waals surface area contributed by atoms with Gasteiger partial charge in [-0.25, -0.2) is 0 Å². The Hall–Kier alpha value is -1.92. The Morgan fingerprint density at radius 2 is 1.70 bits per heavy atom. The molecule has 0 saturated carbocycles. The van der Waals surface area contributed by atoms with E-state index >= 15 is 0 Å². The number of morpholine rings is 1. The van der Waals surface area contributed by atoms with Gasteiger partial charge in [-0.1, -0.05) is 32.0 Å². The maximum Gasteiger partial charge on any atom is 0.243 e. The predicted molar refractivity (Wildman–Crippen MR) is 108 cm³/mol. The highest BCUT2D eigenvalue weighted by molar-refractivity contribution is 5.96. The van der Waals surface area contributed by atoms with Crippen LogP contribution in [0.5, 0.6) is 0 Å². The zero-order chi connectivity index (χ0) is 20.1. The third-order valence-electron chi connectivity index (χ3n) is 4.91. The number of amides is 2. The molecule has 6 nitrogen and oxygen atoms in total. The number of hydrogen-bond acceptors (Lipinski definition) is 4. The summed E-state index contributed by atoms with van der Waals surface area (Å²) in [6.07, 6.45) is 0.185. The van der Waals surface area contributed by atoms with Gasteiger partial charge >= 0.3 is 0 Å². The van der Waals surface area contributed by atoms with E-state index in [0.717, 1.165) is 29.9 Å². The summed E-state index contributed by atoms with van der Waals surface area (Å²) in [5.74, 6) is -0.181. The second-order valence-corrected chi connectivity index (χ2v) is 7.93. The van der Waals surface area contributed by atoms with Crippen LogP contribution in [0.25, 0.3) is 0 Å². The van der Waals surface area contributed by atoms with Gasteiger partial charge in [0, 0.05) is 18.8 Å². The normalized spacial score (nSPS) is 21.7. The Balaban J connectivity index is 1.96. The summed E-state index contributed by atoms with van der Waals surface area (Å²) in [5.41, 5.74) is 2.82. The minimum Gasteiger partial charge on any atom is -0.373 e. The third kappa shape index (κ3) is 5.78. The fourth-order valence-corrected chi connectivity index (χ4v) is 3.80. The largest absolute Gasteiger partial charge is 0.373 e. The molecule has 1 aromatic rings. The average Bonchev–Trinajstić information content (AvgIpc) is 2.55. The second-order valence-electron chi connectivity index (χ2n) is 7.93. The lowest BCUT2D eigenvalue weighted by molar-refractivity contribution is -0.136. The Morgan fingerprint density at radius 3 is 2.22 bits per heavy atom. The molecule has 0 radical (unpaired) electrons. The monoisotopic (exact) mass is 375 g/mol. The van der Waals surface area contributed by atoms with Crippen molar-refractivity contribution in [1.29, 1.82) is 0 Å². The number of hydrogen-bond donors (Lipinski definition) is 2. The summed E-state index contributed by atoms with van der Waals surface area (Å²) in [7, 11) is 0. The molecule has 0 aromatic heterocycles. The molecule has 150 valence electrons. The van der Waals surface area contributed by atoms with Crippen molar-refractivity contribution in [3.63, 3.8) is 0 Å². The van der Waals surface area contributed by atoms with E-state index in [1.807, 2.05) is 59.7 Å². The van der Waals surface area contributed by atoms with Gasteiger partial charge in [0.25, 0.3) is 0 Å². The lowest BCUT2D eigenvalue weighted by atomic mass is 9.99. The number of benzene rings is 1. The van der Waals surface area contributed by atoms with Crippen LogP contribution in [-0.2, 0) is 14.3 Å². The molecule has 1 aliphatic heterocycles. The van der Waals surface area contributed by atoms with Gasteiger partial charge in [-0.05, 0) is 44.7 Å². The number of rotatable bonds is 6. The zero-order valence-corrected chi connectivity index (χ0v) is 17.3. The van der Waals surface area contributed by atoms with Crippen LogP contribution in [0.4, 0.5) is 5.69 Å². The molecule has 0 spiro atoms. The first kappa shape index (κ1) is 21.4. The molecular formula is C21H33N3O3. The maximum atomic E-state index is 12.8. The molecule has 3 atom stereocenters. The molecule has 1 aliphatic rings. The average molecular weight is 376 g/mol. The van der Waals surface area contributed by atoms with Crippen LogP contribution < -0.4 is 10.6 Å². The minimum atomic E-state index is -0.271. The van der Waals surface area contributed by atoms with Gasteiger partial charge < -0.3 is 15.4 Å². The molecule has 0 aliphatic carbocycles. The number of carbonyl (C=O) groups is 2. The SMILES string of the molecule is Cc1cccc(C)c1NC(=O)CNC(=O)C(C(C)C)N1CC(C)OC(C)C1. The third-order valence-corrected chi connectivity index (χ3v) is 4.91. The maximum absolute atomic E-state index is 12.8. The summed E-state index contributed by atoms with van der Waals surface area (Å²) in [5, 5.41) is 5.72. The van der Waals surface area contributed by atoms with Crippen molar-refractivity contribution in [3.05, 3.63) is 29.3 Å². The fourth-order valence-electron chi connectivity index (χ4n) is 3.80. The predicted octanol–water partition coefficient (Wildman–Crippen LogP) is 2.49. The van der Waals surface area contributed by atoms with Gasteiger partial charge in [-0.15, -0.1) is 0 Å². The fraction of sp³-hybridized carbons (Fsp3) is 0.619. The first-order chi connectivity index (χ1) is 12.7. The number of nitrogens with one attached hydrogen (secondary N) is 2. The molecule has 1 aromatic carbocycles. The topological polar surface area (TPSA) is 70.7 Å². The Morgan fingerprint density at radius 1 is 1.15 bits per heavy atom. The smallest absolute Gasteiger partial charge is 0.243 e. The Bertz CT molecular complexity index is 644. The molecule has 1 saturated heterocycles. The molecule has 2 N–H and O–H groups in total. The van der Waals surface area contributed by atoms with Crippen LogP contribution >= 0.6 is 0 Å². The highest BCUT2D eigenvalue weighted by Crippen LogP contribution is 2.20. The van der Waals surface area contributed by atoms with E-state index in [0.29, 0.717) is 0 Å². The van der Waals surface area contributed by atoms with Crippen LogP contribution in [0.2, 0.25) is 0 Å². The van der Waals surface area contributed by atoms with Gasteiger partial charge in [0.1, 0.15) is 0 Å². The number of carbonyl (C=O) groups excluding carboxylic acids is 2. The molecule has 3 unspecified atom stereocenters. The Kier molecular flexibility index (Phi) is 7.39. The lowest BCUT2D eigenvalue weighted by Gasteiger charge is -2.40. The summed E-state index contributed by atoms with van der Waals surface area (Å²) in [6, 6.07) is 5.60. The molecule has 0 bridgehead atoms. The standard InChI is InChI=1S/C21H33N3O3/c1-13(2)20(24-11-16(5)27-17(6)12-24)21(26)22-10-18(25)23-19-14(3)8-7-9-15(19)4/h7-9,13,16-17,20H,10-12H2,1-6H3,(H,22,26)(H,23,25). The van der Waals surface area contributed by atoms with Crippen molar-refractivity contribution in [2.45, 2.75) is 59.8 Å². The van der Waals surface area contributed by atoms with Crippen molar-refractivity contribution in [2.75, 3.05) is 25.0 Å². The van der Waals surface area contributed by atoms with Crippen LogP contribution in [-0.4, -0.2) is 54.6 Å². The molecule has 27 heavy (non-hydrogen) atoms. The lowest BCUT2D eigenvalue weighted by Crippen LogP contribution is -2.57. The van der Waals surface area contributed by atoms with Gasteiger partial charge in [0.15, 0.2) is 0 Å². The van der Waals surface area contributed by atoms with Crippen LogP contribution in [0.3, 0.4) is 0 Å². The van der Waals surface area contributed by atoms with E-state index in [9.17, 15) is 9.59 Å². The highest BCUT2D eigenvalue weighted by Gasteiger charge is 2.34. The number of nitrogens with zero attached hydrogens (tertiary/aromatic N) is 1. The second kappa shape index (κ2) is 9.33. The zero-order valence-electron chi connectivity index (χ0n) is 17.3. The van der Waals surface area contributed by atoms with E-state index in [2.05, 4.69) is 15.5 Å². The van der Waals surface area contributed by atoms with E-state index in [1.165, 1.54) is 0 Å². The van der Waals surface area contributed by atoms with Crippen LogP contribution in [0.1, 0.15) is 38.8 Å². The molecule has 2 rings (SSSR count). The molecule has 1 heterocycles. The molecule has 6 heteroatoms. The molecule has 1 fully saturated rings. The highest BCUT2D eigenvalue weighted by atomic mass is 16.5. The van der Waals surface area contributed by atoms with E-state index < -0.39 is 0 Å². The number of anilines is 1. The first-order valence-corrected chi connectivity index (χ1v) is 9.72. The van der Waals surface area contributed by atoms with Crippen molar-refractivity contribution >= 4 is 17.5 Å². The van der Waals surface area contributed by atoms with E-state index in [1.54, 1.807) is 0 Å². The van der Waals surface area contributed by atoms with Crippen molar-refractivity contribution in [2.24, 2.45) is 5.92 Å². The Labute approximate surface area is 162 Å². The van der Waals surface area contributed by atoms with Crippen molar-refractivity contribution in [3.8, 4) is 0 Å². The summed E-state index contributed by atoms with van der Waals surface area (Å²) >= 11 is 0. The first-order valence-electron chi connectivity index (χ1n) is 9.72. The van der Waals surface area contributed by atoms with E-state index in [4.69, 9.17) is 4.74 Å². The van der Waals surface area contributed by atoms with E-state index in [-0.39, 0.29) is 42.5 Å². The summed E-state index contributed by atoms with van der Waals surface area (Å²) in [4.78, 5) is 27.3.